The van der Waals surface area contributed by atoms with E-state index in [0.717, 1.165) is 0 Å². The van der Waals surface area contributed by atoms with Gasteiger partial charge in [-0.15, -0.1) is 0 Å². The van der Waals surface area contributed by atoms with E-state index in [1.807, 2.05) is 0 Å². The molecule has 17 heavy (non-hydrogen) atoms. The molecule has 1 aromatic rings. The maximum atomic E-state index is 12.9. The van der Waals surface area contributed by atoms with Gasteiger partial charge in [-0.25, -0.2) is 31.7 Å². The van der Waals surface area contributed by atoms with Gasteiger partial charge in [0.05, 0.1) is 11.0 Å². The van der Waals surface area contributed by atoms with Crippen molar-refractivity contribution in [2.45, 2.75) is 11.5 Å². The zero-order valence-corrected chi connectivity index (χ0v) is 8.62. The van der Waals surface area contributed by atoms with Gasteiger partial charge in [-0.3, -0.25) is 10.1 Å². The van der Waals surface area contributed by atoms with Crippen LogP contribution in [0, 0.1) is 15.9 Å². The topological polar surface area (TPSA) is 116 Å². The van der Waals surface area contributed by atoms with Crippen LogP contribution in [-0.4, -0.2) is 18.3 Å². The lowest BCUT2D eigenvalue weighted by atomic mass is 10.3. The SMILES string of the molecule is NS(=O)(=O)c1nc(C(F)F)c(F)cc1[N+](=O)[O-]. The number of rotatable bonds is 3. The van der Waals surface area contributed by atoms with Crippen molar-refractivity contribution < 1.29 is 26.5 Å². The van der Waals surface area contributed by atoms with Crippen LogP contribution in [0.4, 0.5) is 18.9 Å². The van der Waals surface area contributed by atoms with E-state index in [9.17, 15) is 31.7 Å². The van der Waals surface area contributed by atoms with Crippen molar-refractivity contribution in [3.8, 4) is 0 Å². The first-order valence-corrected chi connectivity index (χ1v) is 5.35. The van der Waals surface area contributed by atoms with E-state index in [4.69, 9.17) is 0 Å². The highest BCUT2D eigenvalue weighted by molar-refractivity contribution is 7.89. The zero-order valence-electron chi connectivity index (χ0n) is 7.80. The van der Waals surface area contributed by atoms with Crippen molar-refractivity contribution in [3.05, 3.63) is 27.7 Å². The average Bonchev–Trinajstić information content (AvgIpc) is 2.14. The first-order valence-electron chi connectivity index (χ1n) is 3.80. The van der Waals surface area contributed by atoms with Gasteiger partial charge in [0.25, 0.3) is 16.4 Å². The fourth-order valence-electron chi connectivity index (χ4n) is 0.969. The van der Waals surface area contributed by atoms with E-state index in [1.54, 1.807) is 0 Å². The van der Waals surface area contributed by atoms with E-state index >= 15 is 0 Å². The number of nitrogens with zero attached hydrogens (tertiary/aromatic N) is 2. The number of primary sulfonamides is 1. The van der Waals surface area contributed by atoms with Crippen LogP contribution >= 0.6 is 0 Å². The Morgan fingerprint density at radius 2 is 2.00 bits per heavy atom. The van der Waals surface area contributed by atoms with Gasteiger partial charge in [-0.1, -0.05) is 0 Å². The molecular formula is C6H4F3N3O4S. The molecule has 0 atom stereocenters. The van der Waals surface area contributed by atoms with Crippen LogP contribution in [0.2, 0.25) is 0 Å². The van der Waals surface area contributed by atoms with Crippen molar-refractivity contribution in [1.82, 2.24) is 4.98 Å². The molecule has 0 aliphatic rings. The van der Waals surface area contributed by atoms with Gasteiger partial charge in [0.1, 0.15) is 5.69 Å². The first kappa shape index (κ1) is 13.3. The molecule has 0 saturated heterocycles. The van der Waals surface area contributed by atoms with E-state index in [2.05, 4.69) is 10.1 Å². The first-order chi connectivity index (χ1) is 7.64. The maximum absolute atomic E-state index is 12.9. The summed E-state index contributed by atoms with van der Waals surface area (Å²) in [6.07, 6.45) is -3.42. The van der Waals surface area contributed by atoms with E-state index < -0.39 is 43.6 Å². The molecule has 11 heteroatoms. The smallest absolute Gasteiger partial charge is 0.258 e. The normalized spacial score (nSPS) is 11.8. The van der Waals surface area contributed by atoms with Crippen LogP contribution in [0.3, 0.4) is 0 Å². The lowest BCUT2D eigenvalue weighted by Gasteiger charge is -2.04. The molecule has 0 aliphatic carbocycles. The Kier molecular flexibility index (Phi) is 3.33. The Labute approximate surface area is 92.3 Å². The van der Waals surface area contributed by atoms with Gasteiger partial charge in [-0.05, 0) is 0 Å². The highest BCUT2D eigenvalue weighted by Gasteiger charge is 2.30. The van der Waals surface area contributed by atoms with Crippen molar-refractivity contribution in [3.63, 3.8) is 0 Å². The van der Waals surface area contributed by atoms with Gasteiger partial charge in [0, 0.05) is 0 Å². The minimum atomic E-state index is -4.70. The maximum Gasteiger partial charge on any atom is 0.310 e. The Balaban J connectivity index is 3.66. The lowest BCUT2D eigenvalue weighted by Crippen LogP contribution is -2.18. The zero-order chi connectivity index (χ0) is 13.4. The van der Waals surface area contributed by atoms with E-state index in [0.29, 0.717) is 0 Å². The standard InChI is InChI=1S/C6H4F3N3O4S/c7-2-1-3(12(13)14)6(17(10,15)16)11-4(2)5(8)9/h1,5H,(H2,10,15,16). The quantitative estimate of drug-likeness (QED) is 0.642. The number of nitrogens with two attached hydrogens (primary N) is 1. The fraction of sp³-hybridized carbons (Fsp3) is 0.167. The Bertz CT molecular complexity index is 574. The van der Waals surface area contributed by atoms with Crippen LogP contribution in [0.15, 0.2) is 11.1 Å². The number of sulfonamides is 1. The number of alkyl halides is 2. The summed E-state index contributed by atoms with van der Waals surface area (Å²) in [7, 11) is -4.70. The molecule has 2 N–H and O–H groups in total. The van der Waals surface area contributed by atoms with Crippen molar-refractivity contribution in [2.75, 3.05) is 0 Å². The van der Waals surface area contributed by atoms with Gasteiger partial charge < -0.3 is 0 Å². The highest BCUT2D eigenvalue weighted by atomic mass is 32.2. The van der Waals surface area contributed by atoms with Crippen molar-refractivity contribution in [2.24, 2.45) is 5.14 Å². The molecule has 0 aliphatic heterocycles. The summed E-state index contributed by atoms with van der Waals surface area (Å²) in [6.45, 7) is 0. The van der Waals surface area contributed by atoms with Crippen LogP contribution in [-0.2, 0) is 10.0 Å². The molecule has 0 amide bonds. The molecule has 0 fully saturated rings. The molecule has 7 nitrogen and oxygen atoms in total. The van der Waals surface area contributed by atoms with Gasteiger partial charge >= 0.3 is 5.69 Å². The highest BCUT2D eigenvalue weighted by Crippen LogP contribution is 2.27. The number of halogens is 3. The molecule has 94 valence electrons. The van der Waals surface area contributed by atoms with Gasteiger partial charge in [-0.2, -0.15) is 0 Å². The van der Waals surface area contributed by atoms with E-state index in [1.165, 1.54) is 0 Å². The second-order valence-corrected chi connectivity index (χ2v) is 4.26. The van der Waals surface area contributed by atoms with Crippen LogP contribution in [0.5, 0.6) is 0 Å². The number of nitro groups is 1. The minimum Gasteiger partial charge on any atom is -0.258 e. The number of hydrogen-bond donors (Lipinski definition) is 1. The van der Waals surface area contributed by atoms with Gasteiger partial charge in [0.2, 0.25) is 5.03 Å². The summed E-state index contributed by atoms with van der Waals surface area (Å²) in [5, 5.41) is 13.5. The van der Waals surface area contributed by atoms with Crippen molar-refractivity contribution in [1.29, 1.82) is 0 Å². The molecule has 1 aromatic heterocycles. The van der Waals surface area contributed by atoms with Crippen LogP contribution in [0.1, 0.15) is 12.1 Å². The predicted octanol–water partition coefficient (Wildman–Crippen LogP) is 0.714. The lowest BCUT2D eigenvalue weighted by molar-refractivity contribution is -0.388. The summed E-state index contributed by atoms with van der Waals surface area (Å²) in [6, 6.07) is 0.0359. The molecule has 0 unspecified atom stereocenters. The Hall–Kier alpha value is -1.75. The van der Waals surface area contributed by atoms with Crippen molar-refractivity contribution >= 4 is 15.7 Å². The third-order valence-electron chi connectivity index (χ3n) is 1.62. The molecule has 1 heterocycles. The number of pyridine rings is 1. The molecule has 0 radical (unpaired) electrons. The Morgan fingerprint density at radius 3 is 2.35 bits per heavy atom. The molecule has 0 bridgehead atoms. The summed E-state index contributed by atoms with van der Waals surface area (Å²) in [4.78, 5) is 11.8. The fourth-order valence-corrected chi connectivity index (χ4v) is 1.62. The van der Waals surface area contributed by atoms with E-state index in [-0.39, 0.29) is 6.07 Å². The Morgan fingerprint density at radius 1 is 1.47 bits per heavy atom. The number of hydrogen-bond acceptors (Lipinski definition) is 5. The minimum absolute atomic E-state index is 0.0359. The largest absolute Gasteiger partial charge is 0.310 e. The monoisotopic (exact) mass is 271 g/mol. The summed E-state index contributed by atoms with van der Waals surface area (Å²) in [5.74, 6) is -1.68. The van der Waals surface area contributed by atoms with Gasteiger partial charge in [0.15, 0.2) is 5.82 Å². The number of aromatic nitrogens is 1. The molecular weight excluding hydrogens is 267 g/mol. The summed E-state index contributed by atoms with van der Waals surface area (Å²) in [5.41, 5.74) is -2.81. The molecule has 1 rings (SSSR count). The van der Waals surface area contributed by atoms with Crippen LogP contribution in [0.25, 0.3) is 0 Å². The molecule has 0 aromatic carbocycles. The van der Waals surface area contributed by atoms with Crippen LogP contribution < -0.4 is 5.14 Å². The third kappa shape index (κ3) is 2.68. The summed E-state index contributed by atoms with van der Waals surface area (Å²) < 4.78 is 59.2. The average molecular weight is 271 g/mol. The second kappa shape index (κ2) is 4.25. The second-order valence-electron chi connectivity index (χ2n) is 2.78. The third-order valence-corrected chi connectivity index (χ3v) is 2.46. The predicted molar refractivity (Wildman–Crippen MR) is 47.2 cm³/mol. The molecule has 0 spiro atoms. The summed E-state index contributed by atoms with van der Waals surface area (Å²) >= 11 is 0. The molecule has 0 saturated carbocycles.